The third-order valence-corrected chi connectivity index (χ3v) is 4.00. The monoisotopic (exact) mass is 373 g/mol. The molecule has 2 atom stereocenters. The van der Waals surface area contributed by atoms with Crippen LogP contribution in [0, 0.1) is 11.8 Å². The van der Waals surface area contributed by atoms with Crippen molar-refractivity contribution in [1.82, 2.24) is 4.90 Å². The van der Waals surface area contributed by atoms with E-state index in [1.807, 2.05) is 0 Å². The van der Waals surface area contributed by atoms with Gasteiger partial charge in [-0.1, -0.05) is 11.6 Å². The van der Waals surface area contributed by atoms with E-state index in [1.54, 1.807) is 0 Å². The Balaban J connectivity index is 2.20. The van der Waals surface area contributed by atoms with Gasteiger partial charge in [0.05, 0.1) is 11.8 Å². The fourth-order valence-corrected chi connectivity index (χ4v) is 2.91. The zero-order valence-corrected chi connectivity index (χ0v) is 12.8. The molecule has 1 N–H and O–H groups in total. The largest absolute Gasteiger partial charge is 0.481 e. The Labute approximate surface area is 138 Å². The molecule has 2 rings (SSSR count). The number of halogens is 6. The predicted octanol–water partition coefficient (Wildman–Crippen LogP) is 3.64. The molecule has 0 spiro atoms. The Kier molecular flexibility index (Phi) is 5.54. The minimum Gasteiger partial charge on any atom is -0.481 e. The third-order valence-electron chi connectivity index (χ3n) is 3.77. The zero-order chi connectivity index (χ0) is 18.1. The van der Waals surface area contributed by atoms with Crippen molar-refractivity contribution in [2.45, 2.75) is 19.3 Å². The standard InChI is InChI=1S/C14H13ClF5NO3/c15-8-1-2-11(24-13(16)17)7(3-8)4-21-5-9(12(22)23)10(6-21)14(18,19)20/h1-3,9-10,13H,4-6H2,(H,22,23)/t9-,10-/m1/s1. The number of hydrogen-bond acceptors (Lipinski definition) is 3. The summed E-state index contributed by atoms with van der Waals surface area (Å²) in [6.45, 7) is -4.17. The van der Waals surface area contributed by atoms with Crippen molar-refractivity contribution in [3.05, 3.63) is 28.8 Å². The van der Waals surface area contributed by atoms with Gasteiger partial charge in [-0.3, -0.25) is 9.69 Å². The number of carbonyl (C=O) groups is 1. The van der Waals surface area contributed by atoms with Gasteiger partial charge in [0.15, 0.2) is 0 Å². The van der Waals surface area contributed by atoms with Gasteiger partial charge in [0, 0.05) is 30.2 Å². The summed E-state index contributed by atoms with van der Waals surface area (Å²) in [5.41, 5.74) is 0.162. The number of ether oxygens (including phenoxy) is 1. The normalized spacial score (nSPS) is 22.1. The lowest BCUT2D eigenvalue weighted by atomic mass is 9.96. The van der Waals surface area contributed by atoms with E-state index in [0.717, 1.165) is 0 Å². The summed E-state index contributed by atoms with van der Waals surface area (Å²) in [5.74, 6) is -5.39. The number of alkyl halides is 5. The van der Waals surface area contributed by atoms with E-state index in [0.29, 0.717) is 0 Å². The SMILES string of the molecule is O=C(O)[C@@H]1CN(Cc2cc(Cl)ccc2OC(F)F)C[C@H]1C(F)(F)F. The molecule has 0 aromatic heterocycles. The first-order chi connectivity index (χ1) is 11.1. The summed E-state index contributed by atoms with van der Waals surface area (Å²) >= 11 is 5.78. The van der Waals surface area contributed by atoms with Crippen molar-refractivity contribution in [3.8, 4) is 5.75 Å². The highest BCUT2D eigenvalue weighted by Crippen LogP contribution is 2.39. The van der Waals surface area contributed by atoms with Crippen LogP contribution in [-0.2, 0) is 11.3 Å². The maximum atomic E-state index is 13.0. The maximum Gasteiger partial charge on any atom is 0.393 e. The molecule has 4 nitrogen and oxygen atoms in total. The van der Waals surface area contributed by atoms with E-state index < -0.39 is 37.1 Å². The highest BCUT2D eigenvalue weighted by molar-refractivity contribution is 6.30. The lowest BCUT2D eigenvalue weighted by Gasteiger charge is -2.19. The molecule has 134 valence electrons. The molecule has 24 heavy (non-hydrogen) atoms. The Morgan fingerprint density at radius 1 is 1.38 bits per heavy atom. The Hall–Kier alpha value is -1.61. The zero-order valence-electron chi connectivity index (χ0n) is 12.1. The van der Waals surface area contributed by atoms with Gasteiger partial charge in [0.1, 0.15) is 5.75 Å². The van der Waals surface area contributed by atoms with E-state index in [-0.39, 0.29) is 29.4 Å². The lowest BCUT2D eigenvalue weighted by molar-refractivity contribution is -0.188. The molecule has 1 aliphatic rings. The molecule has 0 aliphatic carbocycles. The molecule has 0 unspecified atom stereocenters. The summed E-state index contributed by atoms with van der Waals surface area (Å²) in [7, 11) is 0. The third kappa shape index (κ3) is 4.47. The molecule has 1 aromatic rings. The van der Waals surface area contributed by atoms with Crippen LogP contribution in [-0.4, -0.2) is 41.9 Å². The van der Waals surface area contributed by atoms with Crippen LogP contribution in [0.2, 0.25) is 5.02 Å². The van der Waals surface area contributed by atoms with E-state index in [4.69, 9.17) is 16.7 Å². The average Bonchev–Trinajstić information content (AvgIpc) is 2.85. The van der Waals surface area contributed by atoms with Crippen molar-refractivity contribution in [3.63, 3.8) is 0 Å². The Morgan fingerprint density at radius 3 is 2.54 bits per heavy atom. The molecule has 1 aliphatic heterocycles. The van der Waals surface area contributed by atoms with E-state index >= 15 is 0 Å². The van der Waals surface area contributed by atoms with Gasteiger partial charge in [-0.2, -0.15) is 22.0 Å². The Morgan fingerprint density at radius 2 is 2.04 bits per heavy atom. The van der Waals surface area contributed by atoms with Crippen LogP contribution in [0.4, 0.5) is 22.0 Å². The molecular weight excluding hydrogens is 361 g/mol. The van der Waals surface area contributed by atoms with Gasteiger partial charge in [-0.15, -0.1) is 0 Å². The average molecular weight is 374 g/mol. The second kappa shape index (κ2) is 7.10. The summed E-state index contributed by atoms with van der Waals surface area (Å²) in [6.07, 6.45) is -4.66. The summed E-state index contributed by atoms with van der Waals surface area (Å²) in [5, 5.41) is 9.18. The van der Waals surface area contributed by atoms with E-state index in [2.05, 4.69) is 4.74 Å². The van der Waals surface area contributed by atoms with E-state index in [1.165, 1.54) is 23.1 Å². The van der Waals surface area contributed by atoms with Crippen LogP contribution < -0.4 is 4.74 Å². The van der Waals surface area contributed by atoms with Crippen molar-refractivity contribution in [2.24, 2.45) is 11.8 Å². The quantitative estimate of drug-likeness (QED) is 0.801. The predicted molar refractivity (Wildman–Crippen MR) is 74.0 cm³/mol. The van der Waals surface area contributed by atoms with Gasteiger partial charge >= 0.3 is 18.8 Å². The van der Waals surface area contributed by atoms with Crippen molar-refractivity contribution < 1.29 is 36.6 Å². The van der Waals surface area contributed by atoms with Gasteiger partial charge in [0.25, 0.3) is 0 Å². The highest BCUT2D eigenvalue weighted by atomic mass is 35.5. The van der Waals surface area contributed by atoms with Crippen molar-refractivity contribution in [1.29, 1.82) is 0 Å². The summed E-state index contributed by atoms with van der Waals surface area (Å²) in [6, 6.07) is 3.80. The van der Waals surface area contributed by atoms with Crippen LogP contribution in [0.5, 0.6) is 5.75 Å². The minimum absolute atomic E-state index is 0.162. The number of nitrogens with zero attached hydrogens (tertiary/aromatic N) is 1. The van der Waals surface area contributed by atoms with Gasteiger partial charge in [-0.05, 0) is 18.2 Å². The number of carboxylic acid groups (broad SMARTS) is 1. The number of rotatable bonds is 5. The fourth-order valence-electron chi connectivity index (χ4n) is 2.72. The first-order valence-corrected chi connectivity index (χ1v) is 7.21. The molecule has 0 radical (unpaired) electrons. The Bertz CT molecular complexity index is 611. The molecule has 10 heteroatoms. The second-order valence-corrected chi connectivity index (χ2v) is 5.85. The molecule has 1 saturated heterocycles. The number of aliphatic carboxylic acids is 1. The molecular formula is C14H13ClF5NO3. The van der Waals surface area contributed by atoms with Crippen LogP contribution in [0.25, 0.3) is 0 Å². The summed E-state index contributed by atoms with van der Waals surface area (Å²) in [4.78, 5) is 12.3. The lowest BCUT2D eigenvalue weighted by Crippen LogP contribution is -2.33. The van der Waals surface area contributed by atoms with Crippen molar-refractivity contribution in [2.75, 3.05) is 13.1 Å². The molecule has 0 bridgehead atoms. The van der Waals surface area contributed by atoms with Crippen molar-refractivity contribution >= 4 is 17.6 Å². The summed E-state index contributed by atoms with van der Waals surface area (Å²) < 4.78 is 68.0. The topological polar surface area (TPSA) is 49.8 Å². The molecule has 0 amide bonds. The van der Waals surface area contributed by atoms with Crippen LogP contribution in [0.3, 0.4) is 0 Å². The van der Waals surface area contributed by atoms with Gasteiger partial charge in [-0.25, -0.2) is 0 Å². The number of likely N-dealkylation sites (tertiary alicyclic amines) is 1. The van der Waals surface area contributed by atoms with Gasteiger partial charge in [0.2, 0.25) is 0 Å². The van der Waals surface area contributed by atoms with Gasteiger partial charge < -0.3 is 9.84 Å². The molecule has 0 saturated carbocycles. The number of carboxylic acids is 1. The minimum atomic E-state index is -4.66. The van der Waals surface area contributed by atoms with E-state index in [9.17, 15) is 26.7 Å². The molecule has 1 heterocycles. The smallest absolute Gasteiger partial charge is 0.393 e. The highest BCUT2D eigenvalue weighted by Gasteiger charge is 2.52. The number of hydrogen-bond donors (Lipinski definition) is 1. The maximum absolute atomic E-state index is 13.0. The van der Waals surface area contributed by atoms with Crippen LogP contribution >= 0.6 is 11.6 Å². The molecule has 1 fully saturated rings. The second-order valence-electron chi connectivity index (χ2n) is 5.42. The number of benzene rings is 1. The fraction of sp³-hybridized carbons (Fsp3) is 0.500. The van der Waals surface area contributed by atoms with Crippen LogP contribution in [0.1, 0.15) is 5.56 Å². The first kappa shape index (κ1) is 18.7. The molecule has 1 aromatic carbocycles. The first-order valence-electron chi connectivity index (χ1n) is 6.83. The van der Waals surface area contributed by atoms with Crippen LogP contribution in [0.15, 0.2) is 18.2 Å².